The highest BCUT2D eigenvalue weighted by atomic mass is 16.5. The van der Waals surface area contributed by atoms with Crippen LogP contribution in [0.15, 0.2) is 29.8 Å². The molecule has 0 N–H and O–H groups in total. The standard InChI is InChI=1S/C24H31N2O3/c1-6-14-13-26(4)18-12-17-15-9-8-10-20(28-5)23(15)25(3)22(17)19(26)11-16(14)21(18)24(27)29-7-2/h6,8-10,16,18-19,21H,7,11-13H2,1-5H3/q+1/b14-6-/t16-,18-,19-,21+,26+/m0/s1. The monoisotopic (exact) mass is 395 g/mol. The number of carbonyl (C=O) groups is 1. The molecule has 29 heavy (non-hydrogen) atoms. The van der Waals surface area contributed by atoms with E-state index in [1.54, 1.807) is 7.11 Å². The van der Waals surface area contributed by atoms with Crippen LogP contribution in [0.4, 0.5) is 0 Å². The van der Waals surface area contributed by atoms with Crippen LogP contribution in [0.2, 0.25) is 0 Å². The first-order chi connectivity index (χ1) is 14.0. The summed E-state index contributed by atoms with van der Waals surface area (Å²) in [5.41, 5.74) is 5.45. The molecular formula is C24H31N2O3+. The van der Waals surface area contributed by atoms with E-state index in [9.17, 15) is 4.79 Å². The molecule has 5 atom stereocenters. The number of fused-ring (bicyclic) bond motifs is 4. The minimum absolute atomic E-state index is 0.00869. The van der Waals surface area contributed by atoms with E-state index >= 15 is 0 Å². The number of allylic oxidation sites excluding steroid dienone is 1. The quantitative estimate of drug-likeness (QED) is 0.451. The van der Waals surface area contributed by atoms with Crippen molar-refractivity contribution >= 4 is 16.9 Å². The molecule has 0 spiro atoms. The van der Waals surface area contributed by atoms with Crippen LogP contribution in [0.1, 0.15) is 37.6 Å². The summed E-state index contributed by atoms with van der Waals surface area (Å²) in [4.78, 5) is 13.1. The normalized spacial score (nSPS) is 33.8. The van der Waals surface area contributed by atoms with Crippen LogP contribution in [-0.2, 0) is 23.0 Å². The zero-order valence-corrected chi connectivity index (χ0v) is 18.1. The van der Waals surface area contributed by atoms with Crippen molar-refractivity contribution in [1.82, 2.24) is 4.57 Å². The third kappa shape index (κ3) is 2.28. The van der Waals surface area contributed by atoms with E-state index in [1.807, 2.05) is 13.0 Å². The Kier molecular flexibility index (Phi) is 4.11. The Hall–Kier alpha value is -2.27. The molecule has 0 saturated carbocycles. The van der Waals surface area contributed by atoms with E-state index in [1.165, 1.54) is 27.7 Å². The first-order valence-electron chi connectivity index (χ1n) is 10.8. The van der Waals surface area contributed by atoms with E-state index < -0.39 is 0 Å². The van der Waals surface area contributed by atoms with E-state index in [0.717, 1.165) is 29.6 Å². The van der Waals surface area contributed by atoms with Gasteiger partial charge >= 0.3 is 5.97 Å². The smallest absolute Gasteiger partial charge is 0.315 e. The van der Waals surface area contributed by atoms with Crippen LogP contribution in [-0.4, -0.2) is 48.4 Å². The fraction of sp³-hybridized carbons (Fsp3) is 0.542. The lowest BCUT2D eigenvalue weighted by molar-refractivity contribution is -0.977. The average Bonchev–Trinajstić information content (AvgIpc) is 2.99. The maximum absolute atomic E-state index is 13.1. The second kappa shape index (κ2) is 6.36. The predicted octanol–water partition coefficient (Wildman–Crippen LogP) is 3.76. The first kappa shape index (κ1) is 18.7. The van der Waals surface area contributed by atoms with Gasteiger partial charge in [-0.15, -0.1) is 0 Å². The maximum atomic E-state index is 13.1. The summed E-state index contributed by atoms with van der Waals surface area (Å²) in [6, 6.07) is 7.01. The van der Waals surface area contributed by atoms with Gasteiger partial charge in [-0.05, 0) is 31.1 Å². The molecule has 5 heteroatoms. The van der Waals surface area contributed by atoms with Gasteiger partial charge in [0.25, 0.3) is 0 Å². The number of aryl methyl sites for hydroxylation is 1. The number of piperidine rings is 3. The Balaban J connectivity index is 1.73. The van der Waals surface area contributed by atoms with E-state index in [4.69, 9.17) is 9.47 Å². The number of carbonyl (C=O) groups excluding carboxylic acids is 1. The topological polar surface area (TPSA) is 40.5 Å². The number of hydrogen-bond acceptors (Lipinski definition) is 3. The van der Waals surface area contributed by atoms with Crippen molar-refractivity contribution in [1.29, 1.82) is 0 Å². The number of likely N-dealkylation sites (N-methyl/N-ethyl adjacent to an activating group) is 1. The van der Waals surface area contributed by atoms with Crippen LogP contribution < -0.4 is 4.74 Å². The molecule has 154 valence electrons. The molecule has 5 nitrogen and oxygen atoms in total. The fourth-order valence-corrected chi connectivity index (χ4v) is 6.79. The van der Waals surface area contributed by atoms with Crippen molar-refractivity contribution in [2.45, 2.75) is 38.8 Å². The highest BCUT2D eigenvalue weighted by molar-refractivity contribution is 5.91. The van der Waals surface area contributed by atoms with E-state index in [2.05, 4.69) is 43.8 Å². The second-order valence-electron chi connectivity index (χ2n) is 9.06. The van der Waals surface area contributed by atoms with Gasteiger partial charge in [-0.25, -0.2) is 0 Å². The molecule has 0 unspecified atom stereocenters. The lowest BCUT2D eigenvalue weighted by Crippen LogP contribution is -2.71. The highest BCUT2D eigenvalue weighted by Gasteiger charge is 2.64. The zero-order chi connectivity index (χ0) is 20.5. The zero-order valence-electron chi connectivity index (χ0n) is 18.1. The van der Waals surface area contributed by atoms with Gasteiger partial charge in [0.15, 0.2) is 0 Å². The number of benzene rings is 1. The Morgan fingerprint density at radius 2 is 2.17 bits per heavy atom. The number of esters is 1. The molecule has 1 aromatic carbocycles. The third-order valence-corrected chi connectivity index (χ3v) is 8.00. The summed E-state index contributed by atoms with van der Waals surface area (Å²) in [5, 5.41) is 1.27. The number of rotatable bonds is 3. The molecule has 0 aliphatic carbocycles. The molecule has 6 rings (SSSR count). The van der Waals surface area contributed by atoms with Gasteiger partial charge in [0.05, 0.1) is 32.0 Å². The fourth-order valence-electron chi connectivity index (χ4n) is 6.79. The molecule has 4 aliphatic rings. The van der Waals surface area contributed by atoms with Gasteiger partial charge in [0.1, 0.15) is 30.3 Å². The summed E-state index contributed by atoms with van der Waals surface area (Å²) in [7, 11) is 6.28. The van der Waals surface area contributed by atoms with Gasteiger partial charge in [0, 0.05) is 31.2 Å². The summed E-state index contributed by atoms with van der Waals surface area (Å²) in [5.74, 6) is 1.16. The maximum Gasteiger partial charge on any atom is 0.315 e. The Labute approximate surface area is 172 Å². The van der Waals surface area contributed by atoms with Crippen molar-refractivity contribution < 1.29 is 18.8 Å². The Morgan fingerprint density at radius 1 is 1.38 bits per heavy atom. The van der Waals surface area contributed by atoms with E-state index in [0.29, 0.717) is 18.6 Å². The average molecular weight is 396 g/mol. The third-order valence-electron chi connectivity index (χ3n) is 8.00. The van der Waals surface area contributed by atoms with Crippen molar-refractivity contribution in [3.63, 3.8) is 0 Å². The molecule has 1 aromatic heterocycles. The Bertz CT molecular complexity index is 1040. The largest absolute Gasteiger partial charge is 0.495 e. The van der Waals surface area contributed by atoms with Crippen molar-refractivity contribution in [2.75, 3.05) is 27.3 Å². The summed E-state index contributed by atoms with van der Waals surface area (Å²) in [6.07, 6.45) is 4.17. The van der Waals surface area contributed by atoms with Gasteiger partial charge in [0.2, 0.25) is 0 Å². The van der Waals surface area contributed by atoms with Crippen LogP contribution in [0.25, 0.3) is 10.9 Å². The molecule has 3 saturated heterocycles. The molecule has 4 bridgehead atoms. The van der Waals surface area contributed by atoms with Gasteiger partial charge in [-0.1, -0.05) is 18.2 Å². The molecule has 4 aliphatic heterocycles. The number of ether oxygens (including phenoxy) is 2. The lowest BCUT2D eigenvalue weighted by Gasteiger charge is -2.62. The second-order valence-corrected chi connectivity index (χ2v) is 9.06. The van der Waals surface area contributed by atoms with Crippen LogP contribution in [0.5, 0.6) is 5.75 Å². The first-order valence-corrected chi connectivity index (χ1v) is 10.8. The van der Waals surface area contributed by atoms with Gasteiger partial charge in [-0.2, -0.15) is 0 Å². The van der Waals surface area contributed by atoms with Crippen LogP contribution >= 0.6 is 0 Å². The SMILES string of the molecule is C/C=C1/C[N@@+]2(C)[C@H]3C[C@@H]1[C@@H](C(=O)OCC)[C@@H]2Cc1c3n(C)c2c(OC)cccc12. The van der Waals surface area contributed by atoms with Crippen molar-refractivity contribution in [3.8, 4) is 5.75 Å². The lowest BCUT2D eigenvalue weighted by atomic mass is 9.62. The van der Waals surface area contributed by atoms with Gasteiger partial charge in [-0.3, -0.25) is 4.79 Å². The van der Waals surface area contributed by atoms with Crippen LogP contribution in [0.3, 0.4) is 0 Å². The van der Waals surface area contributed by atoms with Crippen molar-refractivity contribution in [2.24, 2.45) is 18.9 Å². The summed E-state index contributed by atoms with van der Waals surface area (Å²) < 4.78 is 14.6. The molecule has 0 amide bonds. The van der Waals surface area contributed by atoms with Gasteiger partial charge < -0.3 is 18.5 Å². The number of aromatic nitrogens is 1. The highest BCUT2D eigenvalue weighted by Crippen LogP contribution is 2.59. The van der Waals surface area contributed by atoms with Crippen molar-refractivity contribution in [3.05, 3.63) is 41.1 Å². The van der Waals surface area contributed by atoms with E-state index in [-0.39, 0.29) is 17.9 Å². The number of hydrogen-bond donors (Lipinski definition) is 0. The summed E-state index contributed by atoms with van der Waals surface area (Å²) in [6.45, 7) is 5.51. The molecule has 0 radical (unpaired) electrons. The molecular weight excluding hydrogens is 364 g/mol. The Morgan fingerprint density at radius 3 is 2.86 bits per heavy atom. The number of quaternary nitrogens is 1. The summed E-state index contributed by atoms with van der Waals surface area (Å²) >= 11 is 0. The van der Waals surface area contributed by atoms with Crippen LogP contribution in [0, 0.1) is 11.8 Å². The molecule has 3 fully saturated rings. The minimum Gasteiger partial charge on any atom is -0.495 e. The molecule has 2 aromatic rings. The number of methoxy groups -OCH3 is 1. The minimum atomic E-state index is -0.0508. The predicted molar refractivity (Wildman–Crippen MR) is 113 cm³/mol. The number of para-hydroxylation sites is 1. The number of nitrogens with zero attached hydrogens (tertiary/aromatic N) is 2. The molecule has 5 heterocycles.